The minimum atomic E-state index is 0.700. The predicted octanol–water partition coefficient (Wildman–Crippen LogP) is 3.33. The zero-order chi connectivity index (χ0) is 13.2. The van der Waals surface area contributed by atoms with Gasteiger partial charge in [0.25, 0.3) is 0 Å². The standard InChI is InChI=1S/C15H15N3O/c1-10-3-2-4-12(16)15(10)17-8-11-5-6-13-14(7-11)19-9-18-13/h2-7,9,17H,8,16H2,1H3. The molecule has 0 saturated carbocycles. The molecule has 0 atom stereocenters. The van der Waals surface area contributed by atoms with Crippen molar-refractivity contribution >= 4 is 22.5 Å². The summed E-state index contributed by atoms with van der Waals surface area (Å²) in [5.41, 5.74) is 11.7. The zero-order valence-electron chi connectivity index (χ0n) is 10.7. The molecule has 19 heavy (non-hydrogen) atoms. The first kappa shape index (κ1) is 11.6. The topological polar surface area (TPSA) is 64.1 Å². The molecule has 4 heteroatoms. The van der Waals surface area contributed by atoms with E-state index in [-0.39, 0.29) is 0 Å². The van der Waals surface area contributed by atoms with Crippen LogP contribution >= 0.6 is 0 Å². The second kappa shape index (κ2) is 4.65. The predicted molar refractivity (Wildman–Crippen MR) is 76.9 cm³/mol. The number of nitrogens with two attached hydrogens (primary N) is 1. The molecule has 96 valence electrons. The van der Waals surface area contributed by atoms with Crippen molar-refractivity contribution in [3.8, 4) is 0 Å². The van der Waals surface area contributed by atoms with E-state index in [1.54, 1.807) is 0 Å². The number of benzene rings is 2. The number of rotatable bonds is 3. The van der Waals surface area contributed by atoms with Crippen LogP contribution in [0.4, 0.5) is 11.4 Å². The van der Waals surface area contributed by atoms with E-state index >= 15 is 0 Å². The molecule has 3 rings (SSSR count). The average molecular weight is 253 g/mol. The first-order valence-electron chi connectivity index (χ1n) is 6.15. The maximum atomic E-state index is 5.97. The van der Waals surface area contributed by atoms with Crippen molar-refractivity contribution in [3.63, 3.8) is 0 Å². The van der Waals surface area contributed by atoms with Gasteiger partial charge in [-0.05, 0) is 36.2 Å². The third-order valence-corrected chi connectivity index (χ3v) is 3.17. The quantitative estimate of drug-likeness (QED) is 0.703. The number of hydrogen-bond donors (Lipinski definition) is 2. The van der Waals surface area contributed by atoms with Gasteiger partial charge < -0.3 is 15.5 Å². The lowest BCUT2D eigenvalue weighted by molar-refractivity contribution is 0.602. The number of hydrogen-bond acceptors (Lipinski definition) is 4. The molecule has 0 saturated heterocycles. The lowest BCUT2D eigenvalue weighted by atomic mass is 10.1. The Bertz CT molecular complexity index is 698. The number of para-hydroxylation sites is 1. The van der Waals surface area contributed by atoms with Gasteiger partial charge in [0.1, 0.15) is 5.52 Å². The minimum absolute atomic E-state index is 0.700. The van der Waals surface area contributed by atoms with Gasteiger partial charge in [-0.15, -0.1) is 0 Å². The van der Waals surface area contributed by atoms with E-state index in [4.69, 9.17) is 10.2 Å². The molecule has 0 aliphatic rings. The largest absolute Gasteiger partial charge is 0.443 e. The number of anilines is 2. The molecule has 0 aliphatic heterocycles. The minimum Gasteiger partial charge on any atom is -0.443 e. The third-order valence-electron chi connectivity index (χ3n) is 3.17. The van der Waals surface area contributed by atoms with Crippen LogP contribution in [-0.2, 0) is 6.54 Å². The fourth-order valence-corrected chi connectivity index (χ4v) is 2.13. The summed E-state index contributed by atoms with van der Waals surface area (Å²) in [4.78, 5) is 4.10. The monoisotopic (exact) mass is 253 g/mol. The van der Waals surface area contributed by atoms with Crippen LogP contribution in [-0.4, -0.2) is 4.98 Å². The molecule has 1 heterocycles. The highest BCUT2D eigenvalue weighted by molar-refractivity contribution is 5.73. The Balaban J connectivity index is 1.82. The maximum Gasteiger partial charge on any atom is 0.181 e. The lowest BCUT2D eigenvalue weighted by Crippen LogP contribution is -2.04. The number of oxazole rings is 1. The molecule has 3 aromatic rings. The van der Waals surface area contributed by atoms with E-state index in [1.807, 2.05) is 43.3 Å². The van der Waals surface area contributed by atoms with Crippen molar-refractivity contribution in [2.24, 2.45) is 0 Å². The lowest BCUT2D eigenvalue weighted by Gasteiger charge is -2.12. The summed E-state index contributed by atoms with van der Waals surface area (Å²) >= 11 is 0. The normalized spacial score (nSPS) is 10.8. The Morgan fingerprint density at radius 1 is 1.26 bits per heavy atom. The molecule has 1 aromatic heterocycles. The van der Waals surface area contributed by atoms with Crippen LogP contribution in [0.25, 0.3) is 11.1 Å². The molecule has 0 amide bonds. The summed E-state index contributed by atoms with van der Waals surface area (Å²) in [5.74, 6) is 0. The molecule has 0 spiro atoms. The zero-order valence-corrected chi connectivity index (χ0v) is 10.7. The Morgan fingerprint density at radius 2 is 2.16 bits per heavy atom. The van der Waals surface area contributed by atoms with Crippen LogP contribution in [0.15, 0.2) is 47.2 Å². The van der Waals surface area contributed by atoms with Crippen molar-refractivity contribution in [2.45, 2.75) is 13.5 Å². The molecule has 0 aliphatic carbocycles. The third kappa shape index (κ3) is 2.25. The molecule has 0 bridgehead atoms. The van der Waals surface area contributed by atoms with Gasteiger partial charge in [0, 0.05) is 6.54 Å². The molecule has 4 nitrogen and oxygen atoms in total. The van der Waals surface area contributed by atoms with E-state index in [2.05, 4.69) is 10.3 Å². The Kier molecular flexibility index (Phi) is 2.83. The summed E-state index contributed by atoms with van der Waals surface area (Å²) in [6, 6.07) is 11.9. The number of nitrogens with one attached hydrogen (secondary N) is 1. The Morgan fingerprint density at radius 3 is 3.00 bits per heavy atom. The molecule has 3 N–H and O–H groups in total. The Labute approximate surface area is 111 Å². The second-order valence-electron chi connectivity index (χ2n) is 4.55. The smallest absolute Gasteiger partial charge is 0.181 e. The molecular weight excluding hydrogens is 238 g/mol. The number of nitrogens with zero attached hydrogens (tertiary/aromatic N) is 1. The Hall–Kier alpha value is -2.49. The number of aryl methyl sites for hydroxylation is 1. The highest BCUT2D eigenvalue weighted by atomic mass is 16.3. The first-order valence-corrected chi connectivity index (χ1v) is 6.15. The van der Waals surface area contributed by atoms with Crippen molar-refractivity contribution < 1.29 is 4.42 Å². The van der Waals surface area contributed by atoms with E-state index < -0.39 is 0 Å². The summed E-state index contributed by atoms with van der Waals surface area (Å²) in [7, 11) is 0. The van der Waals surface area contributed by atoms with Gasteiger partial charge in [0.15, 0.2) is 12.0 Å². The van der Waals surface area contributed by atoms with Gasteiger partial charge in [0.05, 0.1) is 11.4 Å². The average Bonchev–Trinajstić information content (AvgIpc) is 2.85. The number of aromatic nitrogens is 1. The van der Waals surface area contributed by atoms with Crippen LogP contribution in [0.5, 0.6) is 0 Å². The SMILES string of the molecule is Cc1cccc(N)c1NCc1ccc2ncoc2c1. The van der Waals surface area contributed by atoms with E-state index in [0.717, 1.165) is 33.6 Å². The maximum absolute atomic E-state index is 5.97. The van der Waals surface area contributed by atoms with Crippen LogP contribution in [0.2, 0.25) is 0 Å². The van der Waals surface area contributed by atoms with Crippen molar-refractivity contribution in [3.05, 3.63) is 53.9 Å². The summed E-state index contributed by atoms with van der Waals surface area (Å²) in [6.45, 7) is 2.74. The molecule has 0 unspecified atom stereocenters. The first-order chi connectivity index (χ1) is 9.24. The van der Waals surface area contributed by atoms with Gasteiger partial charge in [-0.3, -0.25) is 0 Å². The van der Waals surface area contributed by atoms with Gasteiger partial charge in [-0.25, -0.2) is 4.98 Å². The highest BCUT2D eigenvalue weighted by Gasteiger charge is 2.04. The van der Waals surface area contributed by atoms with E-state index in [1.165, 1.54) is 6.39 Å². The molecule has 0 radical (unpaired) electrons. The molecule has 0 fully saturated rings. The summed E-state index contributed by atoms with van der Waals surface area (Å²) in [6.07, 6.45) is 1.46. The van der Waals surface area contributed by atoms with E-state index in [0.29, 0.717) is 6.54 Å². The van der Waals surface area contributed by atoms with Crippen LogP contribution in [0.1, 0.15) is 11.1 Å². The van der Waals surface area contributed by atoms with Gasteiger partial charge in [-0.2, -0.15) is 0 Å². The van der Waals surface area contributed by atoms with Gasteiger partial charge in [-0.1, -0.05) is 18.2 Å². The van der Waals surface area contributed by atoms with E-state index in [9.17, 15) is 0 Å². The fourth-order valence-electron chi connectivity index (χ4n) is 2.13. The van der Waals surface area contributed by atoms with Crippen LogP contribution in [0.3, 0.4) is 0 Å². The van der Waals surface area contributed by atoms with Gasteiger partial charge in [0.2, 0.25) is 0 Å². The van der Waals surface area contributed by atoms with Crippen molar-refractivity contribution in [1.82, 2.24) is 4.98 Å². The molecule has 2 aromatic carbocycles. The highest BCUT2D eigenvalue weighted by Crippen LogP contribution is 2.23. The number of nitrogen functional groups attached to an aromatic ring is 1. The van der Waals surface area contributed by atoms with Crippen molar-refractivity contribution in [2.75, 3.05) is 11.1 Å². The van der Waals surface area contributed by atoms with Crippen LogP contribution < -0.4 is 11.1 Å². The van der Waals surface area contributed by atoms with Crippen LogP contribution in [0, 0.1) is 6.92 Å². The summed E-state index contributed by atoms with van der Waals surface area (Å²) in [5, 5.41) is 3.37. The molecular formula is C15H15N3O. The number of fused-ring (bicyclic) bond motifs is 1. The van der Waals surface area contributed by atoms with Gasteiger partial charge >= 0.3 is 0 Å². The second-order valence-corrected chi connectivity index (χ2v) is 4.55. The summed E-state index contributed by atoms with van der Waals surface area (Å²) < 4.78 is 5.29. The van der Waals surface area contributed by atoms with Crippen molar-refractivity contribution in [1.29, 1.82) is 0 Å². The fraction of sp³-hybridized carbons (Fsp3) is 0.133.